The van der Waals surface area contributed by atoms with E-state index in [2.05, 4.69) is 10.6 Å². The van der Waals surface area contributed by atoms with Gasteiger partial charge in [0.2, 0.25) is 0 Å². The summed E-state index contributed by atoms with van der Waals surface area (Å²) >= 11 is 0. The second-order valence-corrected chi connectivity index (χ2v) is 3.78. The lowest BCUT2D eigenvalue weighted by Gasteiger charge is -2.13. The Hall–Kier alpha value is -1.30. The zero-order chi connectivity index (χ0) is 13.1. The van der Waals surface area contributed by atoms with Gasteiger partial charge in [0.1, 0.15) is 0 Å². The number of urea groups is 1. The molecule has 0 saturated heterocycles. The Morgan fingerprint density at radius 1 is 1.41 bits per heavy atom. The standard InChI is InChI=1S/C11H22N2O4/c1-3-17-8-4-7-12-11(16)13-9(2)5-6-10(14)15/h9H,3-8H2,1-2H3,(H,14,15)(H2,12,13,16). The van der Waals surface area contributed by atoms with Gasteiger partial charge in [0.05, 0.1) is 0 Å². The first-order chi connectivity index (χ1) is 8.06. The lowest BCUT2D eigenvalue weighted by atomic mass is 10.2. The summed E-state index contributed by atoms with van der Waals surface area (Å²) < 4.78 is 5.12. The molecule has 0 aromatic heterocycles. The molecule has 0 aromatic carbocycles. The topological polar surface area (TPSA) is 87.7 Å². The first-order valence-electron chi connectivity index (χ1n) is 5.90. The number of nitrogens with one attached hydrogen (secondary N) is 2. The summed E-state index contributed by atoms with van der Waals surface area (Å²) in [5, 5.41) is 13.8. The predicted molar refractivity (Wildman–Crippen MR) is 64.0 cm³/mol. The molecule has 100 valence electrons. The number of hydrogen-bond donors (Lipinski definition) is 3. The molecule has 0 aliphatic heterocycles. The van der Waals surface area contributed by atoms with Crippen molar-refractivity contribution in [2.24, 2.45) is 0 Å². The van der Waals surface area contributed by atoms with Crippen molar-refractivity contribution in [3.05, 3.63) is 0 Å². The largest absolute Gasteiger partial charge is 0.481 e. The van der Waals surface area contributed by atoms with E-state index in [1.807, 2.05) is 6.92 Å². The summed E-state index contributed by atoms with van der Waals surface area (Å²) in [6.07, 6.45) is 1.26. The highest BCUT2D eigenvalue weighted by atomic mass is 16.5. The van der Waals surface area contributed by atoms with E-state index in [9.17, 15) is 9.59 Å². The highest BCUT2D eigenvalue weighted by Gasteiger charge is 2.08. The van der Waals surface area contributed by atoms with Gasteiger partial charge in [-0.25, -0.2) is 4.79 Å². The summed E-state index contributed by atoms with van der Waals surface area (Å²) in [6.45, 7) is 5.56. The lowest BCUT2D eigenvalue weighted by molar-refractivity contribution is -0.137. The van der Waals surface area contributed by atoms with E-state index in [1.54, 1.807) is 6.92 Å². The van der Waals surface area contributed by atoms with Crippen molar-refractivity contribution in [2.75, 3.05) is 19.8 Å². The third kappa shape index (κ3) is 11.0. The maximum absolute atomic E-state index is 11.3. The normalized spacial score (nSPS) is 11.9. The highest BCUT2D eigenvalue weighted by Crippen LogP contribution is 1.95. The van der Waals surface area contributed by atoms with Crippen LogP contribution in [-0.2, 0) is 9.53 Å². The first kappa shape index (κ1) is 15.7. The molecule has 3 N–H and O–H groups in total. The van der Waals surface area contributed by atoms with E-state index >= 15 is 0 Å². The van der Waals surface area contributed by atoms with Crippen molar-refractivity contribution in [3.63, 3.8) is 0 Å². The Kier molecular flexibility index (Phi) is 9.14. The van der Waals surface area contributed by atoms with Crippen LogP contribution in [0.4, 0.5) is 4.79 Å². The maximum Gasteiger partial charge on any atom is 0.314 e. The molecular weight excluding hydrogens is 224 g/mol. The van der Waals surface area contributed by atoms with E-state index in [0.717, 1.165) is 6.42 Å². The van der Waals surface area contributed by atoms with Gasteiger partial charge in [0, 0.05) is 32.2 Å². The molecule has 2 amide bonds. The van der Waals surface area contributed by atoms with E-state index in [0.29, 0.717) is 26.2 Å². The molecule has 0 saturated carbocycles. The zero-order valence-corrected chi connectivity index (χ0v) is 10.5. The van der Waals surface area contributed by atoms with Crippen LogP contribution in [0.2, 0.25) is 0 Å². The predicted octanol–water partition coefficient (Wildman–Crippen LogP) is 0.965. The fourth-order valence-electron chi connectivity index (χ4n) is 1.21. The number of aliphatic carboxylic acids is 1. The van der Waals surface area contributed by atoms with Crippen LogP contribution in [0.1, 0.15) is 33.1 Å². The molecule has 6 nitrogen and oxygen atoms in total. The second kappa shape index (κ2) is 9.89. The van der Waals surface area contributed by atoms with Crippen LogP contribution in [0.15, 0.2) is 0 Å². The number of carboxylic acid groups (broad SMARTS) is 1. The van der Waals surface area contributed by atoms with E-state index in [4.69, 9.17) is 9.84 Å². The minimum atomic E-state index is -0.851. The summed E-state index contributed by atoms with van der Waals surface area (Å²) in [5.74, 6) is -0.851. The molecule has 0 aliphatic carbocycles. The summed E-state index contributed by atoms with van der Waals surface area (Å²) in [6, 6.07) is -0.405. The molecule has 17 heavy (non-hydrogen) atoms. The van der Waals surface area contributed by atoms with Crippen LogP contribution in [0, 0.1) is 0 Å². The van der Waals surface area contributed by atoms with Crippen molar-refractivity contribution in [2.45, 2.75) is 39.2 Å². The van der Waals surface area contributed by atoms with Gasteiger partial charge in [-0.15, -0.1) is 0 Å². The number of carbonyl (C=O) groups is 2. The molecule has 0 radical (unpaired) electrons. The number of rotatable bonds is 9. The number of carbonyl (C=O) groups excluding carboxylic acids is 1. The number of amides is 2. The molecular formula is C11H22N2O4. The van der Waals surface area contributed by atoms with Crippen molar-refractivity contribution in [1.29, 1.82) is 0 Å². The van der Waals surface area contributed by atoms with Gasteiger partial charge in [-0.05, 0) is 26.7 Å². The molecule has 0 bridgehead atoms. The van der Waals surface area contributed by atoms with Gasteiger partial charge in [0.25, 0.3) is 0 Å². The first-order valence-corrected chi connectivity index (χ1v) is 5.90. The Labute approximate surface area is 102 Å². The van der Waals surface area contributed by atoms with Gasteiger partial charge in [-0.3, -0.25) is 4.79 Å². The molecule has 0 aromatic rings. The zero-order valence-electron chi connectivity index (χ0n) is 10.5. The van der Waals surface area contributed by atoms with E-state index in [1.165, 1.54) is 0 Å². The van der Waals surface area contributed by atoms with Crippen LogP contribution >= 0.6 is 0 Å². The number of carboxylic acids is 1. The minimum Gasteiger partial charge on any atom is -0.481 e. The van der Waals surface area contributed by atoms with Crippen LogP contribution in [-0.4, -0.2) is 42.9 Å². The van der Waals surface area contributed by atoms with E-state index < -0.39 is 5.97 Å². The lowest BCUT2D eigenvalue weighted by Crippen LogP contribution is -2.41. The van der Waals surface area contributed by atoms with Crippen molar-refractivity contribution >= 4 is 12.0 Å². The highest BCUT2D eigenvalue weighted by molar-refractivity contribution is 5.74. The molecule has 0 aliphatic rings. The average Bonchev–Trinajstić information content (AvgIpc) is 2.26. The molecule has 0 spiro atoms. The Balaban J connectivity index is 3.47. The monoisotopic (exact) mass is 246 g/mol. The number of hydrogen-bond acceptors (Lipinski definition) is 3. The van der Waals surface area contributed by atoms with Gasteiger partial charge < -0.3 is 20.5 Å². The maximum atomic E-state index is 11.3. The third-order valence-electron chi connectivity index (χ3n) is 2.12. The van der Waals surface area contributed by atoms with Crippen molar-refractivity contribution < 1.29 is 19.4 Å². The number of ether oxygens (including phenoxy) is 1. The van der Waals surface area contributed by atoms with Gasteiger partial charge in [-0.2, -0.15) is 0 Å². The molecule has 1 atom stereocenters. The molecule has 1 unspecified atom stereocenters. The summed E-state index contributed by atoms with van der Waals surface area (Å²) in [5.41, 5.74) is 0. The fourth-order valence-corrected chi connectivity index (χ4v) is 1.21. The molecule has 0 fully saturated rings. The Morgan fingerprint density at radius 3 is 2.71 bits per heavy atom. The second-order valence-electron chi connectivity index (χ2n) is 3.78. The van der Waals surface area contributed by atoms with E-state index in [-0.39, 0.29) is 18.5 Å². The van der Waals surface area contributed by atoms with Gasteiger partial charge in [0.15, 0.2) is 0 Å². The van der Waals surface area contributed by atoms with Crippen molar-refractivity contribution in [1.82, 2.24) is 10.6 Å². The van der Waals surface area contributed by atoms with Crippen LogP contribution in [0.5, 0.6) is 0 Å². The smallest absolute Gasteiger partial charge is 0.314 e. The third-order valence-corrected chi connectivity index (χ3v) is 2.12. The van der Waals surface area contributed by atoms with Gasteiger partial charge in [-0.1, -0.05) is 0 Å². The SMILES string of the molecule is CCOCCCNC(=O)NC(C)CCC(=O)O. The Bertz CT molecular complexity index is 234. The van der Waals surface area contributed by atoms with Gasteiger partial charge >= 0.3 is 12.0 Å². The minimum absolute atomic E-state index is 0.0613. The van der Waals surface area contributed by atoms with Crippen LogP contribution in [0.25, 0.3) is 0 Å². The fraction of sp³-hybridized carbons (Fsp3) is 0.818. The Morgan fingerprint density at radius 2 is 2.12 bits per heavy atom. The quantitative estimate of drug-likeness (QED) is 0.529. The van der Waals surface area contributed by atoms with Crippen LogP contribution < -0.4 is 10.6 Å². The van der Waals surface area contributed by atoms with Crippen LogP contribution in [0.3, 0.4) is 0 Å². The average molecular weight is 246 g/mol. The molecule has 0 heterocycles. The summed E-state index contributed by atoms with van der Waals surface area (Å²) in [4.78, 5) is 21.6. The summed E-state index contributed by atoms with van der Waals surface area (Å²) in [7, 11) is 0. The molecule has 0 rings (SSSR count). The van der Waals surface area contributed by atoms with Crippen molar-refractivity contribution in [3.8, 4) is 0 Å². The molecule has 6 heteroatoms.